The van der Waals surface area contributed by atoms with Gasteiger partial charge in [-0.3, -0.25) is 4.79 Å². The van der Waals surface area contributed by atoms with Gasteiger partial charge in [-0.25, -0.2) is 0 Å². The summed E-state index contributed by atoms with van der Waals surface area (Å²) in [4.78, 5) is 12.9. The van der Waals surface area contributed by atoms with Gasteiger partial charge in [0.1, 0.15) is 36.6 Å². The Morgan fingerprint density at radius 2 is 1.59 bits per heavy atom. The van der Waals surface area contributed by atoms with Crippen LogP contribution in [-0.4, -0.2) is 105 Å². The number of carboxylic acid groups (broad SMARTS) is 1. The number of fused-ring (bicyclic) bond motifs is 7. The van der Waals surface area contributed by atoms with Gasteiger partial charge in [-0.1, -0.05) is 58.4 Å². The molecule has 0 aromatic heterocycles. The second-order valence-corrected chi connectivity index (χ2v) is 18.8. The van der Waals surface area contributed by atoms with Crippen LogP contribution in [0.1, 0.15) is 106 Å². The number of aliphatic hydroxyl groups is 5. The zero-order chi connectivity index (χ0) is 37.1. The number of allylic oxidation sites excluding steroid dienone is 3. The number of hydrogen-bond acceptors (Lipinski definition) is 10. The molecule has 0 radical (unpaired) electrons. The van der Waals surface area contributed by atoms with Gasteiger partial charge < -0.3 is 49.6 Å². The predicted molar refractivity (Wildman–Crippen MR) is 186 cm³/mol. The van der Waals surface area contributed by atoms with E-state index < -0.39 is 66.7 Å². The van der Waals surface area contributed by atoms with Gasteiger partial charge >= 0.3 is 5.97 Å². The van der Waals surface area contributed by atoms with E-state index in [1.54, 1.807) is 6.92 Å². The number of carbonyl (C=O) groups is 1. The maximum absolute atomic E-state index is 12.9. The third-order valence-electron chi connectivity index (χ3n) is 16.2. The first-order chi connectivity index (χ1) is 23.8. The molecule has 51 heavy (non-hydrogen) atoms. The molecule has 0 amide bonds. The average molecular weight is 719 g/mol. The topological polar surface area (TPSA) is 175 Å². The molecule has 0 aromatic carbocycles. The van der Waals surface area contributed by atoms with Crippen molar-refractivity contribution < 1.29 is 54.4 Å². The van der Waals surface area contributed by atoms with Gasteiger partial charge in [0.05, 0.1) is 24.2 Å². The van der Waals surface area contributed by atoms with Crippen LogP contribution in [0.25, 0.3) is 0 Å². The summed E-state index contributed by atoms with van der Waals surface area (Å²) in [5.74, 6) is 0.123. The highest BCUT2D eigenvalue weighted by molar-refractivity contribution is 5.77. The second kappa shape index (κ2) is 12.8. The average Bonchev–Trinajstić information content (AvgIpc) is 3.06. The van der Waals surface area contributed by atoms with Crippen LogP contribution in [0, 0.1) is 44.8 Å². The van der Waals surface area contributed by atoms with Crippen molar-refractivity contribution in [1.29, 1.82) is 0 Å². The number of hydrogen-bond donors (Lipinski definition) is 6. The minimum atomic E-state index is -1.58. The number of ether oxygens (including phenoxy) is 4. The van der Waals surface area contributed by atoms with E-state index in [9.17, 15) is 35.4 Å². The van der Waals surface area contributed by atoms with Crippen LogP contribution in [0.5, 0.6) is 0 Å². The van der Waals surface area contributed by atoms with Crippen LogP contribution in [0.15, 0.2) is 23.8 Å². The minimum Gasteiger partial charge on any atom is -0.481 e. The monoisotopic (exact) mass is 718 g/mol. The normalized spacial score (nSPS) is 53.9. The predicted octanol–water partition coefficient (Wildman–Crippen LogP) is 4.08. The Kier molecular flexibility index (Phi) is 9.54. The summed E-state index contributed by atoms with van der Waals surface area (Å²) in [5.41, 5.74) is 1.54. The maximum atomic E-state index is 12.9. The SMILES string of the molecule is C=C1CCC2(C(=O)O)CCC3(C)C(=CCC4C5(C)CCC(OC6OCC(O)C(OC7OC(C)C(O)C(O)C7O)C6O)C(C)(C)C5CCC43C)C2C1. The van der Waals surface area contributed by atoms with Crippen molar-refractivity contribution in [3.63, 3.8) is 0 Å². The molecule has 0 bridgehead atoms. The molecule has 6 fully saturated rings. The molecule has 17 unspecified atom stereocenters. The largest absolute Gasteiger partial charge is 0.481 e. The Morgan fingerprint density at radius 3 is 2.29 bits per heavy atom. The van der Waals surface area contributed by atoms with Gasteiger partial charge in [0.2, 0.25) is 0 Å². The van der Waals surface area contributed by atoms with Crippen LogP contribution in [-0.2, 0) is 23.7 Å². The van der Waals surface area contributed by atoms with E-state index in [2.05, 4.69) is 47.3 Å². The zero-order valence-electron chi connectivity index (χ0n) is 31.3. The quantitative estimate of drug-likeness (QED) is 0.179. The molecule has 11 heteroatoms. The Balaban J connectivity index is 1.09. The van der Waals surface area contributed by atoms with Crippen LogP contribution in [0.4, 0.5) is 0 Å². The second-order valence-electron chi connectivity index (χ2n) is 18.8. The van der Waals surface area contributed by atoms with E-state index in [0.29, 0.717) is 24.7 Å². The summed E-state index contributed by atoms with van der Waals surface area (Å²) in [6.45, 7) is 17.7. The first-order valence-corrected chi connectivity index (χ1v) is 19.4. The fraction of sp³-hybridized carbons (Fsp3) is 0.875. The van der Waals surface area contributed by atoms with E-state index in [1.807, 2.05) is 0 Å². The van der Waals surface area contributed by atoms with Crippen LogP contribution in [0.2, 0.25) is 0 Å². The number of rotatable bonds is 5. The van der Waals surface area contributed by atoms with Crippen molar-refractivity contribution in [1.82, 2.24) is 0 Å². The molecule has 7 rings (SSSR count). The van der Waals surface area contributed by atoms with Crippen molar-refractivity contribution in [2.75, 3.05) is 6.61 Å². The van der Waals surface area contributed by atoms with E-state index in [0.717, 1.165) is 51.4 Å². The Bertz CT molecular complexity index is 1410. The Morgan fingerprint density at radius 1 is 0.863 bits per heavy atom. The van der Waals surface area contributed by atoms with Gasteiger partial charge in [0.15, 0.2) is 12.6 Å². The van der Waals surface area contributed by atoms with Crippen molar-refractivity contribution in [2.24, 2.45) is 44.8 Å². The molecule has 2 aliphatic heterocycles. The van der Waals surface area contributed by atoms with Gasteiger partial charge in [-0.15, -0.1) is 0 Å². The summed E-state index contributed by atoms with van der Waals surface area (Å²) < 4.78 is 24.0. The standard InChI is InChI=1S/C40H62O11/c1-20-10-15-40(35(46)47)17-16-38(6)22(23(40)18-20)8-9-26-37(5)13-12-27(36(3,4)25(37)11-14-39(26,38)7)50-33-31(45)32(24(41)19-48-33)51-34-30(44)29(43)28(42)21(2)49-34/h8,21,23-34,41-45H,1,9-19H2,2-7H3,(H,46,47). The van der Waals surface area contributed by atoms with E-state index in [-0.39, 0.29) is 40.3 Å². The molecule has 17 atom stereocenters. The fourth-order valence-electron chi connectivity index (χ4n) is 12.9. The van der Waals surface area contributed by atoms with Crippen LogP contribution in [0.3, 0.4) is 0 Å². The lowest BCUT2D eigenvalue weighted by Gasteiger charge is -2.71. The maximum Gasteiger partial charge on any atom is 0.310 e. The molecule has 4 saturated carbocycles. The summed E-state index contributed by atoms with van der Waals surface area (Å²) in [7, 11) is 0. The summed E-state index contributed by atoms with van der Waals surface area (Å²) >= 11 is 0. The van der Waals surface area contributed by atoms with Crippen LogP contribution < -0.4 is 0 Å². The third kappa shape index (κ3) is 5.49. The molecule has 0 aromatic rings. The van der Waals surface area contributed by atoms with Gasteiger partial charge in [0.25, 0.3) is 0 Å². The number of aliphatic hydroxyl groups excluding tert-OH is 5. The van der Waals surface area contributed by atoms with E-state index >= 15 is 0 Å². The van der Waals surface area contributed by atoms with Crippen molar-refractivity contribution in [3.05, 3.63) is 23.8 Å². The summed E-state index contributed by atoms with van der Waals surface area (Å²) in [6.07, 6.45) is -0.734. The third-order valence-corrected chi connectivity index (χ3v) is 16.2. The van der Waals surface area contributed by atoms with Gasteiger partial charge in [-0.2, -0.15) is 0 Å². The molecular formula is C40H62O11. The summed E-state index contributed by atoms with van der Waals surface area (Å²) in [6, 6.07) is 0. The molecule has 2 saturated heterocycles. The smallest absolute Gasteiger partial charge is 0.310 e. The molecule has 2 heterocycles. The highest BCUT2D eigenvalue weighted by Gasteiger charge is 2.69. The highest BCUT2D eigenvalue weighted by Crippen LogP contribution is 2.75. The molecule has 11 nitrogen and oxygen atoms in total. The van der Waals surface area contributed by atoms with Crippen molar-refractivity contribution in [2.45, 2.75) is 167 Å². The summed E-state index contributed by atoms with van der Waals surface area (Å²) in [5, 5.41) is 63.6. The molecule has 7 aliphatic rings. The highest BCUT2D eigenvalue weighted by atomic mass is 16.7. The molecule has 5 aliphatic carbocycles. The van der Waals surface area contributed by atoms with Gasteiger partial charge in [-0.05, 0) is 105 Å². The zero-order valence-corrected chi connectivity index (χ0v) is 31.3. The van der Waals surface area contributed by atoms with Crippen molar-refractivity contribution >= 4 is 5.97 Å². The fourth-order valence-corrected chi connectivity index (χ4v) is 12.9. The minimum absolute atomic E-state index is 0.0140. The molecule has 0 spiro atoms. The lowest BCUT2D eigenvalue weighted by molar-refractivity contribution is -0.354. The van der Waals surface area contributed by atoms with Crippen LogP contribution >= 0.6 is 0 Å². The molecule has 288 valence electrons. The first-order valence-electron chi connectivity index (χ1n) is 19.4. The molecular weight excluding hydrogens is 656 g/mol. The van der Waals surface area contributed by atoms with Gasteiger partial charge in [0, 0.05) is 5.92 Å². The Hall–Kier alpha value is -1.41. The lowest BCUT2D eigenvalue weighted by Crippen LogP contribution is -2.65. The number of carboxylic acids is 1. The Labute approximate surface area is 302 Å². The number of aliphatic carboxylic acids is 1. The van der Waals surface area contributed by atoms with E-state index in [1.165, 1.54) is 11.1 Å². The van der Waals surface area contributed by atoms with E-state index in [4.69, 9.17) is 18.9 Å². The molecule has 6 N–H and O–H groups in total. The lowest BCUT2D eigenvalue weighted by atomic mass is 9.34. The first kappa shape index (κ1) is 37.9. The van der Waals surface area contributed by atoms with Crippen molar-refractivity contribution in [3.8, 4) is 0 Å².